The predicted octanol–water partition coefficient (Wildman–Crippen LogP) is 3.55. The number of hydrogen-bond donors (Lipinski definition) is 1. The Bertz CT molecular complexity index is 954. The maximum Gasteiger partial charge on any atom is 0.193 e. The summed E-state index contributed by atoms with van der Waals surface area (Å²) in [5.41, 5.74) is 3.63. The Morgan fingerprint density at radius 3 is 2.55 bits per heavy atom. The molecule has 0 amide bonds. The van der Waals surface area contributed by atoms with Gasteiger partial charge >= 0.3 is 0 Å². The van der Waals surface area contributed by atoms with Crippen LogP contribution in [0.2, 0.25) is 0 Å². The van der Waals surface area contributed by atoms with E-state index in [0.717, 1.165) is 44.2 Å². The minimum absolute atomic E-state index is 0.538. The fourth-order valence-corrected chi connectivity index (χ4v) is 3.95. The second-order valence-corrected chi connectivity index (χ2v) is 8.03. The summed E-state index contributed by atoms with van der Waals surface area (Å²) in [5, 5.41) is 7.98. The van der Waals surface area contributed by atoms with Crippen LogP contribution in [0.15, 0.2) is 78.0 Å². The van der Waals surface area contributed by atoms with Crippen molar-refractivity contribution in [2.45, 2.75) is 26.1 Å². The first-order chi connectivity index (χ1) is 15.3. The van der Waals surface area contributed by atoms with E-state index >= 15 is 0 Å². The molecule has 162 valence electrons. The highest BCUT2D eigenvalue weighted by Crippen LogP contribution is 2.17. The monoisotopic (exact) mass is 417 g/mol. The summed E-state index contributed by atoms with van der Waals surface area (Å²) in [7, 11) is 1.85. The molecule has 31 heavy (non-hydrogen) atoms. The summed E-state index contributed by atoms with van der Waals surface area (Å²) in [5.74, 6) is 1.48. The average molecular weight is 418 g/mol. The van der Waals surface area contributed by atoms with Gasteiger partial charge < -0.3 is 15.0 Å². The van der Waals surface area contributed by atoms with E-state index in [1.165, 1.54) is 11.1 Å². The van der Waals surface area contributed by atoms with Crippen LogP contribution in [0, 0.1) is 5.92 Å². The zero-order valence-corrected chi connectivity index (χ0v) is 18.2. The van der Waals surface area contributed by atoms with E-state index in [-0.39, 0.29) is 0 Å². The fraction of sp³-hybridized carbons (Fsp3) is 0.360. The maximum absolute atomic E-state index is 5.95. The van der Waals surface area contributed by atoms with E-state index < -0.39 is 0 Å². The van der Waals surface area contributed by atoms with Gasteiger partial charge in [0.05, 0.1) is 26.0 Å². The molecule has 1 unspecified atom stereocenters. The van der Waals surface area contributed by atoms with E-state index in [1.807, 2.05) is 30.1 Å². The van der Waals surface area contributed by atoms with Crippen LogP contribution < -0.4 is 5.32 Å². The van der Waals surface area contributed by atoms with Crippen LogP contribution in [0.5, 0.6) is 0 Å². The summed E-state index contributed by atoms with van der Waals surface area (Å²) >= 11 is 0. The SMILES string of the molecule is CN=C(NCc1cnn(Cc2ccccc2)c1)N1CCC(COCc2ccccc2)C1. The molecule has 0 bridgehead atoms. The summed E-state index contributed by atoms with van der Waals surface area (Å²) in [4.78, 5) is 6.81. The van der Waals surface area contributed by atoms with Crippen molar-refractivity contribution in [2.75, 3.05) is 26.7 Å². The number of likely N-dealkylation sites (tertiary alicyclic amines) is 1. The lowest BCUT2D eigenvalue weighted by molar-refractivity contribution is 0.0906. The smallest absolute Gasteiger partial charge is 0.193 e. The number of benzene rings is 2. The van der Waals surface area contributed by atoms with Gasteiger partial charge in [-0.3, -0.25) is 9.67 Å². The molecule has 0 radical (unpaired) electrons. The molecule has 3 aromatic rings. The summed E-state index contributed by atoms with van der Waals surface area (Å²) in [6.45, 7) is 4.94. The second kappa shape index (κ2) is 10.8. The molecule has 1 saturated heterocycles. The Kier molecular flexibility index (Phi) is 7.34. The van der Waals surface area contributed by atoms with Crippen LogP contribution >= 0.6 is 0 Å². The van der Waals surface area contributed by atoms with E-state index in [1.54, 1.807) is 0 Å². The molecular formula is C25H31N5O. The highest BCUT2D eigenvalue weighted by Gasteiger charge is 2.25. The van der Waals surface area contributed by atoms with E-state index in [2.05, 4.69) is 75.0 Å². The number of guanidine groups is 1. The van der Waals surface area contributed by atoms with Crippen molar-refractivity contribution < 1.29 is 4.74 Å². The van der Waals surface area contributed by atoms with Gasteiger partial charge in [0, 0.05) is 44.4 Å². The first-order valence-corrected chi connectivity index (χ1v) is 10.9. The van der Waals surface area contributed by atoms with E-state index in [4.69, 9.17) is 4.74 Å². The van der Waals surface area contributed by atoms with E-state index in [9.17, 15) is 0 Å². The van der Waals surface area contributed by atoms with Crippen LogP contribution in [-0.2, 0) is 24.4 Å². The van der Waals surface area contributed by atoms with Crippen molar-refractivity contribution in [1.29, 1.82) is 0 Å². The molecule has 0 aliphatic carbocycles. The van der Waals surface area contributed by atoms with Crippen molar-refractivity contribution in [3.05, 3.63) is 89.7 Å². The molecule has 2 heterocycles. The quantitative estimate of drug-likeness (QED) is 0.450. The lowest BCUT2D eigenvalue weighted by Crippen LogP contribution is -2.39. The predicted molar refractivity (Wildman–Crippen MR) is 124 cm³/mol. The molecular weight excluding hydrogens is 386 g/mol. The molecule has 1 N–H and O–H groups in total. The third-order valence-electron chi connectivity index (χ3n) is 5.59. The largest absolute Gasteiger partial charge is 0.376 e. The number of nitrogens with one attached hydrogen (secondary N) is 1. The number of aliphatic imine (C=N–C) groups is 1. The molecule has 0 saturated carbocycles. The van der Waals surface area contributed by atoms with Crippen molar-refractivity contribution in [2.24, 2.45) is 10.9 Å². The van der Waals surface area contributed by atoms with Gasteiger partial charge in [0.25, 0.3) is 0 Å². The summed E-state index contributed by atoms with van der Waals surface area (Å²) in [6, 6.07) is 20.7. The zero-order chi connectivity index (χ0) is 21.3. The Hall–Kier alpha value is -3.12. The van der Waals surface area contributed by atoms with Crippen LogP contribution in [-0.4, -0.2) is 47.4 Å². The van der Waals surface area contributed by atoms with Gasteiger partial charge in [-0.15, -0.1) is 0 Å². The minimum atomic E-state index is 0.538. The average Bonchev–Trinajstić information content (AvgIpc) is 3.46. The third kappa shape index (κ3) is 6.18. The highest BCUT2D eigenvalue weighted by atomic mass is 16.5. The number of aromatic nitrogens is 2. The van der Waals surface area contributed by atoms with Crippen LogP contribution in [0.25, 0.3) is 0 Å². The Balaban J connectivity index is 1.21. The van der Waals surface area contributed by atoms with Gasteiger partial charge in [-0.2, -0.15) is 5.10 Å². The first-order valence-electron chi connectivity index (χ1n) is 10.9. The molecule has 1 fully saturated rings. The number of rotatable bonds is 8. The zero-order valence-electron chi connectivity index (χ0n) is 18.2. The minimum Gasteiger partial charge on any atom is -0.376 e. The van der Waals surface area contributed by atoms with Crippen LogP contribution in [0.3, 0.4) is 0 Å². The van der Waals surface area contributed by atoms with Crippen LogP contribution in [0.4, 0.5) is 0 Å². The van der Waals surface area contributed by atoms with Crippen LogP contribution in [0.1, 0.15) is 23.1 Å². The van der Waals surface area contributed by atoms with Crippen molar-refractivity contribution >= 4 is 5.96 Å². The standard InChI is InChI=1S/C25H31N5O/c1-26-25(27-14-24-15-28-30(18-24)17-21-8-4-2-5-9-21)29-13-12-23(16-29)20-31-19-22-10-6-3-7-11-22/h2-11,15,18,23H,12-14,16-17,19-20H2,1H3,(H,26,27). The second-order valence-electron chi connectivity index (χ2n) is 8.03. The molecule has 6 nitrogen and oxygen atoms in total. The molecule has 1 aliphatic heterocycles. The van der Waals surface area contributed by atoms with Gasteiger partial charge in [-0.1, -0.05) is 60.7 Å². The fourth-order valence-electron chi connectivity index (χ4n) is 3.95. The number of nitrogens with zero attached hydrogens (tertiary/aromatic N) is 4. The molecule has 1 aromatic heterocycles. The Morgan fingerprint density at radius 1 is 1.06 bits per heavy atom. The third-order valence-corrected chi connectivity index (χ3v) is 5.59. The van der Waals surface area contributed by atoms with Gasteiger partial charge in [-0.25, -0.2) is 0 Å². The molecule has 6 heteroatoms. The molecule has 1 atom stereocenters. The van der Waals surface area contributed by atoms with Gasteiger partial charge in [-0.05, 0) is 17.5 Å². The Morgan fingerprint density at radius 2 is 1.81 bits per heavy atom. The van der Waals surface area contributed by atoms with Gasteiger partial charge in [0.15, 0.2) is 5.96 Å². The first kappa shape index (κ1) is 21.1. The lowest BCUT2D eigenvalue weighted by Gasteiger charge is -2.21. The number of hydrogen-bond acceptors (Lipinski definition) is 3. The normalized spacial score (nSPS) is 16.6. The lowest BCUT2D eigenvalue weighted by atomic mass is 10.1. The maximum atomic E-state index is 5.95. The molecule has 1 aliphatic rings. The van der Waals surface area contributed by atoms with Crippen molar-refractivity contribution in [1.82, 2.24) is 20.0 Å². The molecule has 2 aromatic carbocycles. The number of ether oxygens (including phenoxy) is 1. The summed E-state index contributed by atoms with van der Waals surface area (Å²) < 4.78 is 7.93. The van der Waals surface area contributed by atoms with E-state index in [0.29, 0.717) is 19.1 Å². The van der Waals surface area contributed by atoms with Crippen molar-refractivity contribution in [3.8, 4) is 0 Å². The van der Waals surface area contributed by atoms with Gasteiger partial charge in [0.1, 0.15) is 0 Å². The Labute approximate surface area is 184 Å². The molecule has 0 spiro atoms. The molecule has 4 rings (SSSR count). The highest BCUT2D eigenvalue weighted by molar-refractivity contribution is 5.80. The van der Waals surface area contributed by atoms with Crippen molar-refractivity contribution in [3.63, 3.8) is 0 Å². The summed E-state index contributed by atoms with van der Waals surface area (Å²) in [6.07, 6.45) is 5.15. The van der Waals surface area contributed by atoms with Gasteiger partial charge in [0.2, 0.25) is 0 Å². The topological polar surface area (TPSA) is 54.7 Å².